The Kier molecular flexibility index (Phi) is 3.59. The lowest BCUT2D eigenvalue weighted by atomic mass is 10.1. The Balaban J connectivity index is 1.89. The molecule has 4 heteroatoms. The second-order valence-corrected chi connectivity index (χ2v) is 4.43. The van der Waals surface area contributed by atoms with Gasteiger partial charge in [-0.3, -0.25) is 4.79 Å². The molecule has 1 amide bonds. The topological polar surface area (TPSA) is 41.6 Å². The summed E-state index contributed by atoms with van der Waals surface area (Å²) in [4.78, 5) is 14.0. The van der Waals surface area contributed by atoms with Gasteiger partial charge in [-0.1, -0.05) is 0 Å². The number of hydrogen-bond donors (Lipinski definition) is 1. The number of morpholine rings is 1. The fourth-order valence-corrected chi connectivity index (χ4v) is 2.06. The summed E-state index contributed by atoms with van der Waals surface area (Å²) in [6.45, 7) is 3.14. The highest BCUT2D eigenvalue weighted by Gasteiger charge is 2.37. The standard InChI is InChI=1S/C11H20N2O2/c1-12-5-4-10-8-15-7-6-13(10)11(14)9-2-3-9/h9-10,12H,2-8H2,1H3. The number of nitrogens with zero attached hydrogens (tertiary/aromatic N) is 1. The van der Waals surface area contributed by atoms with Crippen LogP contribution >= 0.6 is 0 Å². The van der Waals surface area contributed by atoms with E-state index in [1.807, 2.05) is 11.9 Å². The third kappa shape index (κ3) is 2.69. The third-order valence-corrected chi connectivity index (χ3v) is 3.16. The molecule has 2 rings (SSSR count). The van der Waals surface area contributed by atoms with E-state index in [-0.39, 0.29) is 0 Å². The van der Waals surface area contributed by atoms with E-state index in [0.29, 0.717) is 31.1 Å². The van der Waals surface area contributed by atoms with Gasteiger partial charge in [0.25, 0.3) is 0 Å². The van der Waals surface area contributed by atoms with Crippen molar-refractivity contribution in [3.05, 3.63) is 0 Å². The summed E-state index contributed by atoms with van der Waals surface area (Å²) >= 11 is 0. The van der Waals surface area contributed by atoms with Crippen LogP contribution in [0.15, 0.2) is 0 Å². The average molecular weight is 212 g/mol. The molecule has 1 unspecified atom stereocenters. The first-order chi connectivity index (χ1) is 7.33. The Morgan fingerprint density at radius 3 is 3.00 bits per heavy atom. The molecule has 0 aromatic carbocycles. The zero-order valence-corrected chi connectivity index (χ0v) is 9.37. The lowest BCUT2D eigenvalue weighted by Gasteiger charge is -2.35. The number of ether oxygens (including phenoxy) is 1. The fourth-order valence-electron chi connectivity index (χ4n) is 2.06. The normalized spacial score (nSPS) is 26.7. The lowest BCUT2D eigenvalue weighted by molar-refractivity contribution is -0.141. The van der Waals surface area contributed by atoms with E-state index in [1.165, 1.54) is 0 Å². The molecule has 0 bridgehead atoms. The summed E-state index contributed by atoms with van der Waals surface area (Å²) in [7, 11) is 1.94. The van der Waals surface area contributed by atoms with Crippen LogP contribution in [0.2, 0.25) is 0 Å². The Morgan fingerprint density at radius 1 is 1.53 bits per heavy atom. The van der Waals surface area contributed by atoms with Crippen molar-refractivity contribution in [1.29, 1.82) is 0 Å². The molecule has 1 saturated carbocycles. The molecule has 86 valence electrons. The Bertz CT molecular complexity index is 229. The molecule has 4 nitrogen and oxygen atoms in total. The van der Waals surface area contributed by atoms with Gasteiger partial charge in [0.05, 0.1) is 19.3 Å². The van der Waals surface area contributed by atoms with Gasteiger partial charge in [-0.25, -0.2) is 0 Å². The number of hydrogen-bond acceptors (Lipinski definition) is 3. The van der Waals surface area contributed by atoms with E-state index in [4.69, 9.17) is 4.74 Å². The number of carbonyl (C=O) groups is 1. The van der Waals surface area contributed by atoms with Crippen molar-refractivity contribution < 1.29 is 9.53 Å². The summed E-state index contributed by atoms with van der Waals surface area (Å²) in [5.74, 6) is 0.694. The van der Waals surface area contributed by atoms with Gasteiger partial charge >= 0.3 is 0 Å². The molecular weight excluding hydrogens is 192 g/mol. The van der Waals surface area contributed by atoms with Crippen molar-refractivity contribution in [3.8, 4) is 0 Å². The number of carbonyl (C=O) groups excluding carboxylic acids is 1. The highest BCUT2D eigenvalue weighted by atomic mass is 16.5. The van der Waals surface area contributed by atoms with Crippen LogP contribution in [0.4, 0.5) is 0 Å². The minimum absolute atomic E-state index is 0.291. The van der Waals surface area contributed by atoms with Gasteiger partial charge in [0, 0.05) is 12.5 Å². The van der Waals surface area contributed by atoms with E-state index >= 15 is 0 Å². The molecule has 1 N–H and O–H groups in total. The van der Waals surface area contributed by atoms with E-state index in [1.54, 1.807) is 0 Å². The highest BCUT2D eigenvalue weighted by Crippen LogP contribution is 2.32. The number of rotatable bonds is 4. The van der Waals surface area contributed by atoms with Crippen LogP contribution < -0.4 is 5.32 Å². The molecule has 1 saturated heterocycles. The van der Waals surface area contributed by atoms with Crippen LogP contribution in [0, 0.1) is 5.92 Å². The van der Waals surface area contributed by atoms with Crippen molar-refractivity contribution in [2.24, 2.45) is 5.92 Å². The molecule has 1 aliphatic carbocycles. The van der Waals surface area contributed by atoms with Gasteiger partial charge in [-0.15, -0.1) is 0 Å². The first-order valence-electron chi connectivity index (χ1n) is 5.85. The first kappa shape index (κ1) is 10.9. The van der Waals surface area contributed by atoms with Crippen molar-refractivity contribution in [2.45, 2.75) is 25.3 Å². The Labute approximate surface area is 91.0 Å². The van der Waals surface area contributed by atoms with Gasteiger partial charge < -0.3 is 15.0 Å². The largest absolute Gasteiger partial charge is 0.377 e. The molecule has 0 aromatic heterocycles. The quantitative estimate of drug-likeness (QED) is 0.725. The zero-order chi connectivity index (χ0) is 10.7. The average Bonchev–Trinajstić information content (AvgIpc) is 3.09. The maximum atomic E-state index is 12.0. The maximum absolute atomic E-state index is 12.0. The molecule has 1 aliphatic heterocycles. The van der Waals surface area contributed by atoms with Gasteiger partial charge in [0.15, 0.2) is 0 Å². The van der Waals surface area contributed by atoms with E-state index < -0.39 is 0 Å². The van der Waals surface area contributed by atoms with Crippen molar-refractivity contribution in [3.63, 3.8) is 0 Å². The SMILES string of the molecule is CNCCC1COCCN1C(=O)C1CC1. The van der Waals surface area contributed by atoms with Gasteiger partial charge in [0.1, 0.15) is 0 Å². The van der Waals surface area contributed by atoms with E-state index in [2.05, 4.69) is 5.32 Å². The molecule has 0 spiro atoms. The molecule has 2 fully saturated rings. The monoisotopic (exact) mass is 212 g/mol. The summed E-state index contributed by atoms with van der Waals surface area (Å²) in [5, 5.41) is 3.13. The minimum Gasteiger partial charge on any atom is -0.377 e. The second-order valence-electron chi connectivity index (χ2n) is 4.43. The smallest absolute Gasteiger partial charge is 0.226 e. The zero-order valence-electron chi connectivity index (χ0n) is 9.37. The molecule has 0 aromatic rings. The summed E-state index contributed by atoms with van der Waals surface area (Å²) in [6.07, 6.45) is 3.18. The molecule has 15 heavy (non-hydrogen) atoms. The number of amides is 1. The minimum atomic E-state index is 0.291. The van der Waals surface area contributed by atoms with Crippen LogP contribution in [0.1, 0.15) is 19.3 Å². The van der Waals surface area contributed by atoms with Crippen LogP contribution in [0.3, 0.4) is 0 Å². The van der Waals surface area contributed by atoms with E-state index in [9.17, 15) is 4.79 Å². The van der Waals surface area contributed by atoms with E-state index in [0.717, 1.165) is 32.4 Å². The highest BCUT2D eigenvalue weighted by molar-refractivity contribution is 5.81. The van der Waals surface area contributed by atoms with Crippen LogP contribution in [0.25, 0.3) is 0 Å². The van der Waals surface area contributed by atoms with Crippen LogP contribution in [-0.4, -0.2) is 50.2 Å². The maximum Gasteiger partial charge on any atom is 0.226 e. The Morgan fingerprint density at radius 2 is 2.33 bits per heavy atom. The number of nitrogens with one attached hydrogen (secondary N) is 1. The third-order valence-electron chi connectivity index (χ3n) is 3.16. The van der Waals surface area contributed by atoms with Crippen molar-refractivity contribution in [2.75, 3.05) is 33.4 Å². The van der Waals surface area contributed by atoms with Gasteiger partial charge in [0.2, 0.25) is 5.91 Å². The molecule has 0 radical (unpaired) electrons. The summed E-state index contributed by atoms with van der Waals surface area (Å²) < 4.78 is 5.44. The summed E-state index contributed by atoms with van der Waals surface area (Å²) in [5.41, 5.74) is 0. The van der Waals surface area contributed by atoms with Crippen LogP contribution in [-0.2, 0) is 9.53 Å². The first-order valence-corrected chi connectivity index (χ1v) is 5.85. The molecular formula is C11H20N2O2. The predicted octanol–water partition coefficient (Wildman–Crippen LogP) is 0.233. The Hall–Kier alpha value is -0.610. The van der Waals surface area contributed by atoms with Crippen LogP contribution in [0.5, 0.6) is 0 Å². The molecule has 1 atom stereocenters. The lowest BCUT2D eigenvalue weighted by Crippen LogP contribution is -2.50. The predicted molar refractivity (Wildman–Crippen MR) is 57.6 cm³/mol. The van der Waals surface area contributed by atoms with Gasteiger partial charge in [-0.05, 0) is 32.9 Å². The second kappa shape index (κ2) is 4.94. The molecule has 2 aliphatic rings. The van der Waals surface area contributed by atoms with Crippen molar-refractivity contribution >= 4 is 5.91 Å². The molecule has 1 heterocycles. The summed E-state index contributed by atoms with van der Waals surface area (Å²) in [6, 6.07) is 0.291. The van der Waals surface area contributed by atoms with Gasteiger partial charge in [-0.2, -0.15) is 0 Å². The fraction of sp³-hybridized carbons (Fsp3) is 0.909. The van der Waals surface area contributed by atoms with Crippen molar-refractivity contribution in [1.82, 2.24) is 10.2 Å².